The summed E-state index contributed by atoms with van der Waals surface area (Å²) < 4.78 is 38.7. The van der Waals surface area contributed by atoms with Crippen molar-refractivity contribution in [2.75, 3.05) is 11.3 Å². The van der Waals surface area contributed by atoms with Crippen LogP contribution in [0.1, 0.15) is 12.5 Å². The molecule has 1 N–H and O–H groups in total. The van der Waals surface area contributed by atoms with E-state index in [0.29, 0.717) is 30.4 Å². The SMILES string of the molecule is CCOc1ccc(S(=O)(=O)Nc2ccc(OCc3ccccc3)cc2)cc1Cl. The number of rotatable bonds is 8. The van der Waals surface area contributed by atoms with Crippen LogP contribution in [-0.2, 0) is 16.6 Å². The molecule has 3 rings (SSSR count). The van der Waals surface area contributed by atoms with Gasteiger partial charge in [-0.2, -0.15) is 0 Å². The molecule has 0 radical (unpaired) electrons. The van der Waals surface area contributed by atoms with E-state index < -0.39 is 10.0 Å². The van der Waals surface area contributed by atoms with E-state index in [1.807, 2.05) is 37.3 Å². The van der Waals surface area contributed by atoms with Crippen molar-refractivity contribution in [2.24, 2.45) is 0 Å². The minimum atomic E-state index is -3.77. The molecule has 0 saturated heterocycles. The molecule has 7 heteroatoms. The molecule has 0 atom stereocenters. The van der Waals surface area contributed by atoms with Crippen LogP contribution in [0.25, 0.3) is 0 Å². The molecule has 0 amide bonds. The summed E-state index contributed by atoms with van der Waals surface area (Å²) in [6.45, 7) is 2.72. The number of nitrogens with one attached hydrogen (secondary N) is 1. The molecule has 28 heavy (non-hydrogen) atoms. The van der Waals surface area contributed by atoms with E-state index in [2.05, 4.69) is 4.72 Å². The highest BCUT2D eigenvalue weighted by atomic mass is 35.5. The molecule has 0 aromatic heterocycles. The molecule has 146 valence electrons. The molecular formula is C21H20ClNO4S. The monoisotopic (exact) mass is 417 g/mol. The molecule has 0 aliphatic rings. The fraction of sp³-hybridized carbons (Fsp3) is 0.143. The zero-order valence-electron chi connectivity index (χ0n) is 15.3. The van der Waals surface area contributed by atoms with Gasteiger partial charge in [-0.25, -0.2) is 8.42 Å². The number of hydrogen-bond donors (Lipinski definition) is 1. The van der Waals surface area contributed by atoms with E-state index in [1.54, 1.807) is 30.3 Å². The number of benzene rings is 3. The van der Waals surface area contributed by atoms with Crippen LogP contribution in [0.4, 0.5) is 5.69 Å². The number of hydrogen-bond acceptors (Lipinski definition) is 4. The Morgan fingerprint density at radius 1 is 0.929 bits per heavy atom. The van der Waals surface area contributed by atoms with E-state index in [9.17, 15) is 8.42 Å². The third-order valence-corrected chi connectivity index (χ3v) is 5.54. The number of anilines is 1. The van der Waals surface area contributed by atoms with Crippen LogP contribution < -0.4 is 14.2 Å². The molecule has 0 heterocycles. The highest BCUT2D eigenvalue weighted by molar-refractivity contribution is 7.92. The third-order valence-electron chi connectivity index (χ3n) is 3.87. The summed E-state index contributed by atoms with van der Waals surface area (Å²) in [6, 6.07) is 20.9. The topological polar surface area (TPSA) is 64.6 Å². The van der Waals surface area contributed by atoms with Crippen LogP contribution in [-0.4, -0.2) is 15.0 Å². The van der Waals surface area contributed by atoms with Gasteiger partial charge in [0.25, 0.3) is 10.0 Å². The summed E-state index contributed by atoms with van der Waals surface area (Å²) >= 11 is 6.09. The van der Waals surface area contributed by atoms with Crippen molar-refractivity contribution in [3.63, 3.8) is 0 Å². The van der Waals surface area contributed by atoms with Crippen LogP contribution in [0.5, 0.6) is 11.5 Å². The largest absolute Gasteiger partial charge is 0.492 e. The van der Waals surface area contributed by atoms with Gasteiger partial charge in [0, 0.05) is 5.69 Å². The van der Waals surface area contributed by atoms with Gasteiger partial charge >= 0.3 is 0 Å². The summed E-state index contributed by atoms with van der Waals surface area (Å²) in [7, 11) is -3.77. The lowest BCUT2D eigenvalue weighted by molar-refractivity contribution is 0.306. The molecule has 0 aliphatic heterocycles. The number of ether oxygens (including phenoxy) is 2. The predicted molar refractivity (Wildman–Crippen MR) is 111 cm³/mol. The standard InChI is InChI=1S/C21H20ClNO4S/c1-2-26-21-13-12-19(14-20(21)22)28(24,25)23-17-8-10-18(11-9-17)27-15-16-6-4-3-5-7-16/h3-14,23H,2,15H2,1H3. The van der Waals surface area contributed by atoms with E-state index >= 15 is 0 Å². The molecule has 0 spiro atoms. The Labute approximate surface area is 169 Å². The van der Waals surface area contributed by atoms with Crippen molar-refractivity contribution in [3.05, 3.63) is 83.4 Å². The summed E-state index contributed by atoms with van der Waals surface area (Å²) in [5, 5.41) is 0.245. The lowest BCUT2D eigenvalue weighted by atomic mass is 10.2. The quantitative estimate of drug-likeness (QED) is 0.552. The Balaban J connectivity index is 1.66. The second kappa shape index (κ2) is 8.99. The summed E-state index contributed by atoms with van der Waals surface area (Å²) in [6.07, 6.45) is 0. The van der Waals surface area contributed by atoms with Crippen molar-refractivity contribution in [3.8, 4) is 11.5 Å². The Kier molecular flexibility index (Phi) is 6.44. The average Bonchev–Trinajstić information content (AvgIpc) is 2.69. The van der Waals surface area contributed by atoms with E-state index in [0.717, 1.165) is 5.56 Å². The first kappa shape index (κ1) is 20.0. The van der Waals surface area contributed by atoms with Gasteiger partial charge in [0.15, 0.2) is 0 Å². The highest BCUT2D eigenvalue weighted by Crippen LogP contribution is 2.28. The lowest BCUT2D eigenvalue weighted by Gasteiger charge is -2.11. The molecule has 0 aliphatic carbocycles. The maximum Gasteiger partial charge on any atom is 0.261 e. The normalized spacial score (nSPS) is 11.1. The maximum atomic E-state index is 12.6. The summed E-state index contributed by atoms with van der Waals surface area (Å²) in [4.78, 5) is 0.0605. The van der Waals surface area contributed by atoms with Gasteiger partial charge in [0.05, 0.1) is 16.5 Å². The smallest absolute Gasteiger partial charge is 0.261 e. The van der Waals surface area contributed by atoms with Gasteiger partial charge in [-0.15, -0.1) is 0 Å². The second-order valence-electron chi connectivity index (χ2n) is 5.93. The zero-order chi connectivity index (χ0) is 20.0. The van der Waals surface area contributed by atoms with Gasteiger partial charge in [-0.05, 0) is 55.0 Å². The van der Waals surface area contributed by atoms with Crippen LogP contribution in [0.15, 0.2) is 77.7 Å². The van der Waals surface area contributed by atoms with Crippen LogP contribution in [0, 0.1) is 0 Å². The first-order valence-corrected chi connectivity index (χ1v) is 10.6. The Morgan fingerprint density at radius 2 is 1.64 bits per heavy atom. The Hall–Kier alpha value is -2.70. The van der Waals surface area contributed by atoms with Crippen LogP contribution in [0.2, 0.25) is 5.02 Å². The minimum Gasteiger partial charge on any atom is -0.492 e. The second-order valence-corrected chi connectivity index (χ2v) is 8.02. The third kappa shape index (κ3) is 5.18. The predicted octanol–water partition coefficient (Wildman–Crippen LogP) is 5.12. The van der Waals surface area contributed by atoms with Gasteiger partial charge in [0.1, 0.15) is 18.1 Å². The fourth-order valence-electron chi connectivity index (χ4n) is 2.50. The molecular weight excluding hydrogens is 398 g/mol. The number of sulfonamides is 1. The van der Waals surface area contributed by atoms with Crippen molar-refractivity contribution in [2.45, 2.75) is 18.4 Å². The summed E-state index contributed by atoms with van der Waals surface area (Å²) in [5.74, 6) is 1.10. The van der Waals surface area contributed by atoms with E-state index in [4.69, 9.17) is 21.1 Å². The van der Waals surface area contributed by atoms with E-state index in [-0.39, 0.29) is 9.92 Å². The van der Waals surface area contributed by atoms with Gasteiger partial charge < -0.3 is 9.47 Å². The average molecular weight is 418 g/mol. The molecule has 0 unspecified atom stereocenters. The van der Waals surface area contributed by atoms with Crippen LogP contribution in [0.3, 0.4) is 0 Å². The first-order valence-electron chi connectivity index (χ1n) is 8.70. The molecule has 3 aromatic rings. The van der Waals surface area contributed by atoms with Gasteiger partial charge in [-0.1, -0.05) is 41.9 Å². The van der Waals surface area contributed by atoms with Crippen molar-refractivity contribution < 1.29 is 17.9 Å². The number of halogens is 1. The zero-order valence-corrected chi connectivity index (χ0v) is 16.8. The van der Waals surface area contributed by atoms with Crippen molar-refractivity contribution in [1.82, 2.24) is 0 Å². The fourth-order valence-corrected chi connectivity index (χ4v) is 3.88. The van der Waals surface area contributed by atoms with Crippen molar-refractivity contribution >= 4 is 27.3 Å². The Bertz CT molecular complexity index is 1020. The summed E-state index contributed by atoms with van der Waals surface area (Å²) in [5.41, 5.74) is 1.48. The minimum absolute atomic E-state index is 0.0605. The maximum absolute atomic E-state index is 12.6. The molecule has 0 bridgehead atoms. The first-order chi connectivity index (χ1) is 13.5. The Morgan fingerprint density at radius 3 is 2.29 bits per heavy atom. The van der Waals surface area contributed by atoms with Gasteiger partial charge in [-0.3, -0.25) is 4.72 Å². The van der Waals surface area contributed by atoms with Crippen molar-refractivity contribution in [1.29, 1.82) is 0 Å². The molecule has 0 saturated carbocycles. The molecule has 5 nitrogen and oxygen atoms in total. The van der Waals surface area contributed by atoms with E-state index in [1.165, 1.54) is 12.1 Å². The van der Waals surface area contributed by atoms with Gasteiger partial charge in [0.2, 0.25) is 0 Å². The molecule has 3 aromatic carbocycles. The highest BCUT2D eigenvalue weighted by Gasteiger charge is 2.16. The molecule has 0 fully saturated rings. The lowest BCUT2D eigenvalue weighted by Crippen LogP contribution is -2.13. The van der Waals surface area contributed by atoms with Crippen LogP contribution >= 0.6 is 11.6 Å².